The van der Waals surface area contributed by atoms with Crippen LogP contribution in [0.2, 0.25) is 0 Å². The van der Waals surface area contributed by atoms with Crippen molar-refractivity contribution in [1.29, 1.82) is 0 Å². The van der Waals surface area contributed by atoms with Gasteiger partial charge in [-0.15, -0.1) is 11.8 Å². The minimum absolute atomic E-state index is 0.0522. The van der Waals surface area contributed by atoms with E-state index in [4.69, 9.17) is 5.11 Å². The summed E-state index contributed by atoms with van der Waals surface area (Å²) in [5, 5.41) is 18.9. The molecule has 8 heteroatoms. The molecule has 0 heterocycles. The van der Waals surface area contributed by atoms with Gasteiger partial charge in [-0.1, -0.05) is 56.9 Å². The van der Waals surface area contributed by atoms with E-state index in [-0.39, 0.29) is 5.75 Å². The number of aliphatic carboxylic acids is 1. The van der Waals surface area contributed by atoms with Crippen LogP contribution < -0.4 is 4.31 Å². The van der Waals surface area contributed by atoms with Crippen molar-refractivity contribution < 1.29 is 23.4 Å². The predicted molar refractivity (Wildman–Crippen MR) is 121 cm³/mol. The molecule has 0 bridgehead atoms. The van der Waals surface area contributed by atoms with Crippen LogP contribution in [0.1, 0.15) is 57.1 Å². The van der Waals surface area contributed by atoms with Crippen LogP contribution in [0.3, 0.4) is 0 Å². The van der Waals surface area contributed by atoms with Crippen LogP contribution in [0.15, 0.2) is 36.4 Å². The van der Waals surface area contributed by atoms with E-state index in [9.17, 15) is 18.3 Å². The molecule has 0 aliphatic carbocycles. The Balaban J connectivity index is 2.62. The molecule has 0 aromatic heterocycles. The van der Waals surface area contributed by atoms with Crippen molar-refractivity contribution in [3.63, 3.8) is 0 Å². The molecule has 1 unspecified atom stereocenters. The van der Waals surface area contributed by atoms with Crippen molar-refractivity contribution in [2.45, 2.75) is 51.6 Å². The molecule has 0 aliphatic heterocycles. The van der Waals surface area contributed by atoms with E-state index in [1.54, 1.807) is 24.3 Å². The van der Waals surface area contributed by atoms with Crippen molar-refractivity contribution in [2.75, 3.05) is 28.6 Å². The highest BCUT2D eigenvalue weighted by Crippen LogP contribution is 2.24. The van der Waals surface area contributed by atoms with Crippen LogP contribution in [-0.4, -0.2) is 48.9 Å². The Morgan fingerprint density at radius 3 is 2.45 bits per heavy atom. The minimum Gasteiger partial charge on any atom is -0.481 e. The number of carbonyl (C=O) groups is 1. The highest BCUT2D eigenvalue weighted by Gasteiger charge is 2.17. The van der Waals surface area contributed by atoms with Crippen molar-refractivity contribution in [3.05, 3.63) is 42.0 Å². The zero-order valence-electron chi connectivity index (χ0n) is 17.3. The summed E-state index contributed by atoms with van der Waals surface area (Å²) in [4.78, 5) is 10.5. The van der Waals surface area contributed by atoms with Gasteiger partial charge in [0.2, 0.25) is 10.0 Å². The molecule has 0 fully saturated rings. The second-order valence-corrected chi connectivity index (χ2v) is 9.90. The maximum absolute atomic E-state index is 12.2. The number of unbranched alkanes of at least 4 members (excludes halogenated alkanes) is 3. The van der Waals surface area contributed by atoms with Crippen molar-refractivity contribution >= 4 is 33.4 Å². The van der Waals surface area contributed by atoms with Gasteiger partial charge in [0.1, 0.15) is 0 Å². The van der Waals surface area contributed by atoms with E-state index in [2.05, 4.69) is 6.92 Å². The lowest BCUT2D eigenvalue weighted by Gasteiger charge is -2.22. The van der Waals surface area contributed by atoms with Gasteiger partial charge in [-0.2, -0.15) is 0 Å². The minimum atomic E-state index is -3.43. The number of nitrogens with zero attached hydrogens (tertiary/aromatic N) is 1. The molecular formula is C21H33NO5S2. The van der Waals surface area contributed by atoms with Crippen LogP contribution in [0.4, 0.5) is 5.69 Å². The van der Waals surface area contributed by atoms with Crippen molar-refractivity contribution in [3.8, 4) is 0 Å². The summed E-state index contributed by atoms with van der Waals surface area (Å²) < 4.78 is 25.7. The first-order chi connectivity index (χ1) is 13.8. The van der Waals surface area contributed by atoms with Gasteiger partial charge >= 0.3 is 5.97 Å². The first-order valence-corrected chi connectivity index (χ1v) is 13.0. The molecule has 0 aliphatic rings. The summed E-state index contributed by atoms with van der Waals surface area (Å²) in [5.74, 6) is -0.215. The largest absolute Gasteiger partial charge is 0.481 e. The summed E-state index contributed by atoms with van der Waals surface area (Å²) >= 11 is 1.29. The lowest BCUT2D eigenvalue weighted by atomic mass is 10.0. The number of benzene rings is 1. The number of aliphatic hydroxyl groups excluding tert-OH is 1. The van der Waals surface area contributed by atoms with Crippen LogP contribution in [0.25, 0.3) is 0 Å². The Hall–Kier alpha value is -1.51. The van der Waals surface area contributed by atoms with E-state index in [1.165, 1.54) is 28.7 Å². The number of hydrogen-bond donors (Lipinski definition) is 2. The fourth-order valence-corrected chi connectivity index (χ4v) is 4.38. The molecule has 0 amide bonds. The molecular weight excluding hydrogens is 410 g/mol. The monoisotopic (exact) mass is 443 g/mol. The third-order valence-electron chi connectivity index (χ3n) is 4.40. The average Bonchev–Trinajstić information content (AvgIpc) is 2.66. The molecule has 1 rings (SSSR count). The van der Waals surface area contributed by atoms with Crippen molar-refractivity contribution in [2.24, 2.45) is 0 Å². The number of aliphatic hydroxyl groups is 1. The summed E-state index contributed by atoms with van der Waals surface area (Å²) in [7, 11) is -3.43. The van der Waals surface area contributed by atoms with Gasteiger partial charge in [0.05, 0.1) is 23.8 Å². The summed E-state index contributed by atoms with van der Waals surface area (Å²) in [6.45, 7) is 2.45. The average molecular weight is 444 g/mol. The predicted octanol–water partition coefficient (Wildman–Crippen LogP) is 4.22. The zero-order chi connectivity index (χ0) is 21.7. The Morgan fingerprint density at radius 1 is 1.17 bits per heavy atom. The third kappa shape index (κ3) is 10.7. The molecule has 6 nitrogen and oxygen atoms in total. The normalized spacial score (nSPS) is 12.9. The molecule has 1 atom stereocenters. The molecule has 1 aromatic rings. The lowest BCUT2D eigenvalue weighted by molar-refractivity contribution is -0.133. The van der Waals surface area contributed by atoms with Gasteiger partial charge in [0, 0.05) is 12.3 Å². The fraction of sp³-hybridized carbons (Fsp3) is 0.571. The molecule has 164 valence electrons. The Labute approximate surface area is 179 Å². The molecule has 0 radical (unpaired) electrons. The lowest BCUT2D eigenvalue weighted by Crippen LogP contribution is -2.30. The Morgan fingerprint density at radius 2 is 1.86 bits per heavy atom. The van der Waals surface area contributed by atoms with E-state index in [0.717, 1.165) is 24.8 Å². The number of hydrogen-bond acceptors (Lipinski definition) is 5. The van der Waals surface area contributed by atoms with Crippen molar-refractivity contribution in [1.82, 2.24) is 0 Å². The number of rotatable bonds is 15. The first kappa shape index (κ1) is 25.5. The van der Waals surface area contributed by atoms with Crippen LogP contribution in [-0.2, 0) is 14.8 Å². The maximum atomic E-state index is 12.2. The topological polar surface area (TPSA) is 94.9 Å². The second kappa shape index (κ2) is 13.7. The van der Waals surface area contributed by atoms with E-state index in [1.807, 2.05) is 12.2 Å². The standard InChI is InChI=1S/C21H33NO5S2/c1-3-4-5-7-10-20(23)18-11-13-19(14-12-18)22(29(2,26)27)15-8-6-9-16-28-17-21(24)25/h6,9,11-14,20,23H,3-5,7-8,10,15-17H2,1-2H3,(H,24,25). The van der Waals surface area contributed by atoms with E-state index in [0.29, 0.717) is 30.8 Å². The molecule has 0 saturated carbocycles. The highest BCUT2D eigenvalue weighted by atomic mass is 32.2. The fourth-order valence-electron chi connectivity index (χ4n) is 2.87. The molecule has 2 N–H and O–H groups in total. The summed E-state index contributed by atoms with van der Waals surface area (Å²) in [5.41, 5.74) is 1.37. The molecule has 29 heavy (non-hydrogen) atoms. The molecule has 0 saturated heterocycles. The second-order valence-electron chi connectivity index (χ2n) is 6.96. The van der Waals surface area contributed by atoms with Gasteiger partial charge in [0.25, 0.3) is 0 Å². The van der Waals surface area contributed by atoms with Crippen LogP contribution in [0.5, 0.6) is 0 Å². The van der Waals surface area contributed by atoms with Crippen LogP contribution >= 0.6 is 11.8 Å². The van der Waals surface area contributed by atoms with Gasteiger partial charge < -0.3 is 10.2 Å². The smallest absolute Gasteiger partial charge is 0.313 e. The Kier molecular flexibility index (Phi) is 12.0. The Bertz CT molecular complexity index is 732. The SMILES string of the molecule is CCCCCCC(O)c1ccc(N(CCC=CCSCC(=O)O)S(C)(=O)=O)cc1. The summed E-state index contributed by atoms with van der Waals surface area (Å²) in [6.07, 6.45) is 10.0. The first-order valence-electron chi connectivity index (χ1n) is 9.96. The van der Waals surface area contributed by atoms with E-state index < -0.39 is 22.1 Å². The quantitative estimate of drug-likeness (QED) is 0.311. The zero-order valence-corrected chi connectivity index (χ0v) is 18.9. The third-order valence-corrected chi connectivity index (χ3v) is 6.48. The number of carboxylic acids is 1. The van der Waals surface area contributed by atoms with E-state index >= 15 is 0 Å². The number of anilines is 1. The van der Waals surface area contributed by atoms with Gasteiger partial charge in [-0.25, -0.2) is 8.42 Å². The van der Waals surface area contributed by atoms with Gasteiger partial charge in [-0.05, 0) is 30.5 Å². The van der Waals surface area contributed by atoms with Crippen LogP contribution in [0, 0.1) is 0 Å². The van der Waals surface area contributed by atoms with Gasteiger partial charge in [0.15, 0.2) is 0 Å². The molecule has 1 aromatic carbocycles. The number of sulfonamides is 1. The van der Waals surface area contributed by atoms with Gasteiger partial charge in [-0.3, -0.25) is 9.10 Å². The number of carboxylic acid groups (broad SMARTS) is 1. The maximum Gasteiger partial charge on any atom is 0.313 e. The number of thioether (sulfide) groups is 1. The molecule has 0 spiro atoms. The summed E-state index contributed by atoms with van der Waals surface area (Å²) in [6, 6.07) is 7.04. The highest BCUT2D eigenvalue weighted by molar-refractivity contribution is 8.00.